The lowest BCUT2D eigenvalue weighted by atomic mass is 10.1. The number of nitro benzene ring substituents is 1. The molecule has 0 bridgehead atoms. The number of rotatable bonds is 5. The smallest absolute Gasteiger partial charge is 0.337 e. The van der Waals surface area contributed by atoms with Crippen molar-refractivity contribution in [2.24, 2.45) is 7.05 Å². The van der Waals surface area contributed by atoms with E-state index in [1.807, 2.05) is 0 Å². The number of hydrogen-bond acceptors (Lipinski definition) is 6. The lowest BCUT2D eigenvalue weighted by Gasteiger charge is -2.10. The molecule has 0 atom stereocenters. The van der Waals surface area contributed by atoms with Gasteiger partial charge < -0.3 is 9.67 Å². The molecule has 3 aromatic rings. The number of nitrogens with zero attached hydrogens (tertiary/aromatic N) is 3. The Morgan fingerprint density at radius 2 is 1.92 bits per heavy atom. The van der Waals surface area contributed by atoms with Crippen LogP contribution in [0.2, 0.25) is 0 Å². The highest BCUT2D eigenvalue weighted by Crippen LogP contribution is 2.25. The summed E-state index contributed by atoms with van der Waals surface area (Å²) in [6.07, 6.45) is 1.42. The second kappa shape index (κ2) is 6.11. The molecule has 10 nitrogen and oxygen atoms in total. The number of imidazole rings is 1. The Hall–Kier alpha value is -3.47. The van der Waals surface area contributed by atoms with Gasteiger partial charge in [0.25, 0.3) is 15.7 Å². The van der Waals surface area contributed by atoms with Crippen molar-refractivity contribution in [1.82, 2.24) is 9.55 Å². The number of carboxylic acid groups (broad SMARTS) is 1. The number of nitro groups is 1. The zero-order valence-electron chi connectivity index (χ0n) is 13.3. The molecule has 0 unspecified atom stereocenters. The van der Waals surface area contributed by atoms with Crippen molar-refractivity contribution in [1.29, 1.82) is 0 Å². The molecule has 0 radical (unpaired) electrons. The van der Waals surface area contributed by atoms with Gasteiger partial charge in [-0.05, 0) is 24.3 Å². The van der Waals surface area contributed by atoms with Crippen LogP contribution in [0.3, 0.4) is 0 Å². The molecule has 0 saturated heterocycles. The minimum Gasteiger partial charge on any atom is -0.478 e. The third-order valence-corrected chi connectivity index (χ3v) is 5.05. The molecule has 0 spiro atoms. The van der Waals surface area contributed by atoms with Crippen LogP contribution in [0.25, 0.3) is 11.0 Å². The first-order chi connectivity index (χ1) is 12.2. The van der Waals surface area contributed by atoms with Gasteiger partial charge in [0.1, 0.15) is 0 Å². The molecule has 1 aromatic heterocycles. The van der Waals surface area contributed by atoms with Crippen LogP contribution in [-0.4, -0.2) is 34.0 Å². The number of anilines is 1. The van der Waals surface area contributed by atoms with E-state index in [0.717, 1.165) is 24.3 Å². The summed E-state index contributed by atoms with van der Waals surface area (Å²) in [6.45, 7) is 0. The van der Waals surface area contributed by atoms with Gasteiger partial charge in [0.2, 0.25) is 0 Å². The van der Waals surface area contributed by atoms with E-state index < -0.39 is 20.9 Å². The summed E-state index contributed by atoms with van der Waals surface area (Å²) in [5.41, 5.74) is 0.340. The maximum Gasteiger partial charge on any atom is 0.337 e. The van der Waals surface area contributed by atoms with Crippen LogP contribution in [0.1, 0.15) is 10.4 Å². The van der Waals surface area contributed by atoms with Crippen LogP contribution in [-0.2, 0) is 17.1 Å². The average molecular weight is 376 g/mol. The second-order valence-electron chi connectivity index (χ2n) is 5.41. The first-order valence-electron chi connectivity index (χ1n) is 7.14. The van der Waals surface area contributed by atoms with Crippen LogP contribution >= 0.6 is 0 Å². The van der Waals surface area contributed by atoms with Gasteiger partial charge in [0, 0.05) is 19.2 Å². The van der Waals surface area contributed by atoms with Crippen molar-refractivity contribution in [3.8, 4) is 0 Å². The highest BCUT2D eigenvalue weighted by Gasteiger charge is 2.19. The Bertz CT molecular complexity index is 1130. The maximum atomic E-state index is 12.5. The van der Waals surface area contributed by atoms with E-state index in [9.17, 15) is 28.4 Å². The highest BCUT2D eigenvalue weighted by atomic mass is 32.2. The molecule has 0 saturated carbocycles. The van der Waals surface area contributed by atoms with Crippen molar-refractivity contribution in [3.05, 3.63) is 58.4 Å². The van der Waals surface area contributed by atoms with Crippen LogP contribution in [0, 0.1) is 10.1 Å². The number of hydrogen-bond donors (Lipinski definition) is 2. The molecule has 134 valence electrons. The topological polar surface area (TPSA) is 144 Å². The quantitative estimate of drug-likeness (QED) is 0.511. The van der Waals surface area contributed by atoms with E-state index >= 15 is 0 Å². The molecule has 11 heteroatoms. The fraction of sp³-hybridized carbons (Fsp3) is 0.0667. The minimum absolute atomic E-state index is 0.0203. The predicted molar refractivity (Wildman–Crippen MR) is 91.6 cm³/mol. The SMILES string of the molecule is Cn1cnc2cc(NS(=O)(=O)c3ccc([N+](=O)[O-])cc3)cc(C(=O)O)c21. The van der Waals surface area contributed by atoms with Gasteiger partial charge in [-0.3, -0.25) is 14.8 Å². The maximum absolute atomic E-state index is 12.5. The molecule has 0 aliphatic heterocycles. The number of aromatic nitrogens is 2. The van der Waals surface area contributed by atoms with E-state index in [-0.39, 0.29) is 21.8 Å². The number of sulfonamides is 1. The normalized spacial score (nSPS) is 11.4. The Kier molecular flexibility index (Phi) is 4.08. The first kappa shape index (κ1) is 17.4. The highest BCUT2D eigenvalue weighted by molar-refractivity contribution is 7.92. The van der Waals surface area contributed by atoms with Crippen molar-refractivity contribution in [2.75, 3.05) is 4.72 Å². The second-order valence-corrected chi connectivity index (χ2v) is 7.09. The largest absolute Gasteiger partial charge is 0.478 e. The Morgan fingerprint density at radius 3 is 2.50 bits per heavy atom. The predicted octanol–water partition coefficient (Wildman–Crippen LogP) is 1.98. The summed E-state index contributed by atoms with van der Waals surface area (Å²) in [6, 6.07) is 6.92. The summed E-state index contributed by atoms with van der Waals surface area (Å²) in [4.78, 5) is 25.3. The molecular formula is C15H12N4O6S. The van der Waals surface area contributed by atoms with Gasteiger partial charge in [0.15, 0.2) is 0 Å². The van der Waals surface area contributed by atoms with Gasteiger partial charge in [-0.2, -0.15) is 0 Å². The lowest BCUT2D eigenvalue weighted by Crippen LogP contribution is -2.13. The number of carbonyl (C=O) groups is 1. The molecular weight excluding hydrogens is 364 g/mol. The Labute approximate surface area is 146 Å². The monoisotopic (exact) mass is 376 g/mol. The van der Waals surface area contributed by atoms with Crippen LogP contribution < -0.4 is 4.72 Å². The summed E-state index contributed by atoms with van der Waals surface area (Å²) >= 11 is 0. The van der Waals surface area contributed by atoms with Crippen LogP contribution in [0.5, 0.6) is 0 Å². The molecule has 2 aromatic carbocycles. The molecule has 3 rings (SSSR count). The summed E-state index contributed by atoms with van der Waals surface area (Å²) in [5, 5.41) is 20.0. The van der Waals surface area contributed by atoms with Gasteiger partial charge in [0.05, 0.1) is 38.4 Å². The zero-order valence-corrected chi connectivity index (χ0v) is 14.1. The van der Waals surface area contributed by atoms with E-state index in [4.69, 9.17) is 0 Å². The lowest BCUT2D eigenvalue weighted by molar-refractivity contribution is -0.384. The number of carboxylic acids is 1. The van der Waals surface area contributed by atoms with Gasteiger partial charge >= 0.3 is 5.97 Å². The van der Waals surface area contributed by atoms with Crippen LogP contribution in [0.15, 0.2) is 47.6 Å². The number of benzene rings is 2. The van der Waals surface area contributed by atoms with E-state index in [1.54, 1.807) is 7.05 Å². The molecule has 0 aliphatic carbocycles. The fourth-order valence-electron chi connectivity index (χ4n) is 2.48. The number of non-ortho nitro benzene ring substituents is 1. The molecule has 0 fully saturated rings. The zero-order chi connectivity index (χ0) is 19.1. The third kappa shape index (κ3) is 3.07. The van der Waals surface area contributed by atoms with E-state index in [2.05, 4.69) is 9.71 Å². The third-order valence-electron chi connectivity index (χ3n) is 3.65. The number of fused-ring (bicyclic) bond motifs is 1. The van der Waals surface area contributed by atoms with Crippen molar-refractivity contribution < 1.29 is 23.2 Å². The molecule has 0 amide bonds. The minimum atomic E-state index is -4.06. The average Bonchev–Trinajstić information content (AvgIpc) is 2.95. The first-order valence-corrected chi connectivity index (χ1v) is 8.63. The number of aryl methyl sites for hydroxylation is 1. The standard InChI is InChI=1S/C15H12N4O6S/c1-18-8-16-13-7-9(6-12(14(13)18)15(20)21)17-26(24,25)11-4-2-10(3-5-11)19(22)23/h2-8,17H,1H3,(H,20,21). The Morgan fingerprint density at radius 1 is 1.27 bits per heavy atom. The van der Waals surface area contributed by atoms with Crippen molar-refractivity contribution >= 4 is 38.4 Å². The molecule has 1 heterocycles. The van der Waals surface area contributed by atoms with Crippen molar-refractivity contribution in [3.63, 3.8) is 0 Å². The summed E-state index contributed by atoms with van der Waals surface area (Å²) in [7, 11) is -2.43. The van der Waals surface area contributed by atoms with Crippen molar-refractivity contribution in [2.45, 2.75) is 4.90 Å². The molecule has 2 N–H and O–H groups in total. The molecule has 0 aliphatic rings. The molecule has 26 heavy (non-hydrogen) atoms. The van der Waals surface area contributed by atoms with E-state index in [1.165, 1.54) is 23.0 Å². The van der Waals surface area contributed by atoms with Gasteiger partial charge in [-0.25, -0.2) is 18.2 Å². The number of aromatic carboxylic acids is 1. The summed E-state index contributed by atoms with van der Waals surface area (Å²) in [5.74, 6) is -1.23. The van der Waals surface area contributed by atoms with E-state index in [0.29, 0.717) is 11.0 Å². The fourth-order valence-corrected chi connectivity index (χ4v) is 3.52. The van der Waals surface area contributed by atoms with Gasteiger partial charge in [-0.1, -0.05) is 0 Å². The summed E-state index contributed by atoms with van der Waals surface area (Å²) < 4.78 is 28.7. The van der Waals surface area contributed by atoms with Crippen LogP contribution in [0.4, 0.5) is 11.4 Å². The van der Waals surface area contributed by atoms with Gasteiger partial charge in [-0.15, -0.1) is 0 Å². The number of nitrogens with one attached hydrogen (secondary N) is 1. The Balaban J connectivity index is 2.02.